The van der Waals surface area contributed by atoms with Crippen molar-refractivity contribution in [2.24, 2.45) is 10.9 Å². The molecule has 134 valence electrons. The zero-order valence-electron chi connectivity index (χ0n) is 14.9. The second kappa shape index (κ2) is 8.85. The maximum atomic E-state index is 4.44. The van der Waals surface area contributed by atoms with Crippen LogP contribution in [0.3, 0.4) is 0 Å². The summed E-state index contributed by atoms with van der Waals surface area (Å²) in [5.74, 6) is 1.69. The van der Waals surface area contributed by atoms with Gasteiger partial charge in [-0.25, -0.2) is 0 Å². The van der Waals surface area contributed by atoms with Crippen LogP contribution in [0.25, 0.3) is 0 Å². The fourth-order valence-electron chi connectivity index (χ4n) is 4.06. The first-order chi connectivity index (χ1) is 10.7. The molecule has 1 aliphatic carbocycles. The van der Waals surface area contributed by atoms with Crippen LogP contribution in [0.1, 0.15) is 39.5 Å². The highest BCUT2D eigenvalue weighted by Gasteiger charge is 2.38. The number of rotatable bonds is 5. The van der Waals surface area contributed by atoms with E-state index in [4.69, 9.17) is 0 Å². The minimum atomic E-state index is 0. The molecule has 3 rings (SSSR count). The molecule has 0 amide bonds. The lowest BCUT2D eigenvalue weighted by Crippen LogP contribution is -2.49. The quantitative estimate of drug-likeness (QED) is 0.392. The molecule has 3 unspecified atom stereocenters. The minimum Gasteiger partial charge on any atom is -0.355 e. The fraction of sp³-hybridized carbons (Fsp3) is 0.941. The first-order valence-electron chi connectivity index (χ1n) is 9.16. The van der Waals surface area contributed by atoms with Crippen LogP contribution < -0.4 is 10.6 Å². The molecule has 0 aromatic heterocycles. The Kier molecular flexibility index (Phi) is 7.41. The van der Waals surface area contributed by atoms with Gasteiger partial charge >= 0.3 is 0 Å². The highest BCUT2D eigenvalue weighted by Crippen LogP contribution is 2.31. The number of nitrogens with zero attached hydrogens (tertiary/aromatic N) is 3. The van der Waals surface area contributed by atoms with E-state index in [1.165, 1.54) is 45.3 Å². The number of likely N-dealkylation sites (N-methyl/N-ethyl adjacent to an activating group) is 1. The molecule has 5 nitrogen and oxygen atoms in total. The molecule has 0 aromatic rings. The summed E-state index contributed by atoms with van der Waals surface area (Å²) in [5, 5.41) is 7.23. The third-order valence-corrected chi connectivity index (χ3v) is 5.66. The van der Waals surface area contributed by atoms with Crippen LogP contribution >= 0.6 is 24.0 Å². The monoisotopic (exact) mass is 435 g/mol. The fourth-order valence-corrected chi connectivity index (χ4v) is 4.06. The molecular formula is C17H34IN5. The molecule has 1 saturated carbocycles. The number of hydrogen-bond acceptors (Lipinski definition) is 3. The second-order valence-electron chi connectivity index (χ2n) is 7.29. The highest BCUT2D eigenvalue weighted by molar-refractivity contribution is 14.0. The topological polar surface area (TPSA) is 42.9 Å². The first kappa shape index (κ1) is 19.2. The highest BCUT2D eigenvalue weighted by atomic mass is 127. The lowest BCUT2D eigenvalue weighted by Gasteiger charge is -2.25. The van der Waals surface area contributed by atoms with E-state index in [1.54, 1.807) is 0 Å². The van der Waals surface area contributed by atoms with Crippen LogP contribution in [0.15, 0.2) is 4.99 Å². The summed E-state index contributed by atoms with van der Waals surface area (Å²) in [6, 6.07) is 2.09. The van der Waals surface area contributed by atoms with Crippen LogP contribution in [-0.2, 0) is 0 Å². The Hall–Kier alpha value is -0.0800. The van der Waals surface area contributed by atoms with Crippen LogP contribution in [0.4, 0.5) is 0 Å². The third kappa shape index (κ3) is 4.95. The molecule has 2 heterocycles. The van der Waals surface area contributed by atoms with Crippen LogP contribution in [0.5, 0.6) is 0 Å². The van der Waals surface area contributed by atoms with Crippen molar-refractivity contribution in [3.05, 3.63) is 0 Å². The van der Waals surface area contributed by atoms with Gasteiger partial charge in [-0.05, 0) is 44.7 Å². The molecule has 0 radical (unpaired) electrons. The molecule has 23 heavy (non-hydrogen) atoms. The minimum absolute atomic E-state index is 0. The van der Waals surface area contributed by atoms with Gasteiger partial charge in [-0.1, -0.05) is 13.8 Å². The van der Waals surface area contributed by atoms with Crippen molar-refractivity contribution in [2.75, 3.05) is 39.8 Å². The Bertz CT molecular complexity index is 398. The SMILES string of the molecule is CCN1CCCC1CNC(=NC)NC1CN(C2CC2)CC1C.I. The number of likely N-dealkylation sites (tertiary alicyclic amines) is 2. The van der Waals surface area contributed by atoms with E-state index in [0.29, 0.717) is 18.0 Å². The molecule has 0 spiro atoms. The van der Waals surface area contributed by atoms with Gasteiger partial charge in [-0.2, -0.15) is 0 Å². The average Bonchev–Trinajstić information content (AvgIpc) is 3.17. The zero-order chi connectivity index (χ0) is 15.5. The van der Waals surface area contributed by atoms with Crippen LogP contribution in [-0.4, -0.2) is 73.7 Å². The third-order valence-electron chi connectivity index (χ3n) is 5.66. The standard InChI is InChI=1S/C17H33N5.HI/c1-4-21-9-5-6-15(21)10-19-17(18-3)20-16-12-22(11-13(16)2)14-7-8-14;/h13-16H,4-12H2,1-3H3,(H2,18,19,20);1H. The molecule has 2 saturated heterocycles. The Morgan fingerprint density at radius 3 is 2.65 bits per heavy atom. The Morgan fingerprint density at radius 1 is 1.22 bits per heavy atom. The zero-order valence-corrected chi connectivity index (χ0v) is 17.3. The Labute approximate surface area is 158 Å². The van der Waals surface area contributed by atoms with Crippen molar-refractivity contribution in [3.8, 4) is 0 Å². The van der Waals surface area contributed by atoms with Crippen molar-refractivity contribution in [1.29, 1.82) is 0 Å². The number of nitrogens with one attached hydrogen (secondary N) is 2. The van der Waals surface area contributed by atoms with Gasteiger partial charge in [-0.15, -0.1) is 24.0 Å². The predicted molar refractivity (Wildman–Crippen MR) is 108 cm³/mol. The van der Waals surface area contributed by atoms with Crippen LogP contribution in [0.2, 0.25) is 0 Å². The van der Waals surface area contributed by atoms with Crippen molar-refractivity contribution < 1.29 is 0 Å². The Morgan fingerprint density at radius 2 is 2.00 bits per heavy atom. The molecule has 2 aliphatic heterocycles. The van der Waals surface area contributed by atoms with Gasteiger partial charge in [0.25, 0.3) is 0 Å². The predicted octanol–water partition coefficient (Wildman–Crippen LogP) is 1.74. The van der Waals surface area contributed by atoms with E-state index in [2.05, 4.69) is 39.3 Å². The molecule has 6 heteroatoms. The average molecular weight is 435 g/mol. The number of guanidine groups is 1. The number of halogens is 1. The summed E-state index contributed by atoms with van der Waals surface area (Å²) in [6.45, 7) is 10.5. The number of hydrogen-bond donors (Lipinski definition) is 2. The van der Waals surface area contributed by atoms with Gasteiger partial charge in [0.1, 0.15) is 0 Å². The maximum Gasteiger partial charge on any atom is 0.191 e. The number of aliphatic imine (C=N–C) groups is 1. The summed E-state index contributed by atoms with van der Waals surface area (Å²) in [4.78, 5) is 9.68. The lowest BCUT2D eigenvalue weighted by atomic mass is 10.1. The largest absolute Gasteiger partial charge is 0.355 e. The molecule has 0 aromatic carbocycles. The van der Waals surface area contributed by atoms with Crippen molar-refractivity contribution in [1.82, 2.24) is 20.4 Å². The van der Waals surface area contributed by atoms with E-state index in [0.717, 1.165) is 25.1 Å². The molecule has 2 N–H and O–H groups in total. The summed E-state index contributed by atoms with van der Waals surface area (Å²) in [7, 11) is 1.89. The van der Waals surface area contributed by atoms with E-state index < -0.39 is 0 Å². The van der Waals surface area contributed by atoms with Gasteiger partial charge in [-0.3, -0.25) is 14.8 Å². The van der Waals surface area contributed by atoms with E-state index >= 15 is 0 Å². The van der Waals surface area contributed by atoms with Crippen molar-refractivity contribution in [3.63, 3.8) is 0 Å². The van der Waals surface area contributed by atoms with Gasteiger partial charge < -0.3 is 10.6 Å². The summed E-state index contributed by atoms with van der Waals surface area (Å²) >= 11 is 0. The van der Waals surface area contributed by atoms with E-state index in [1.807, 2.05) is 7.05 Å². The first-order valence-corrected chi connectivity index (χ1v) is 9.16. The Balaban J connectivity index is 0.00000192. The molecule has 3 aliphatic rings. The summed E-state index contributed by atoms with van der Waals surface area (Å²) in [6.07, 6.45) is 5.46. The summed E-state index contributed by atoms with van der Waals surface area (Å²) < 4.78 is 0. The van der Waals surface area contributed by atoms with Gasteiger partial charge in [0.15, 0.2) is 5.96 Å². The van der Waals surface area contributed by atoms with Gasteiger partial charge in [0.2, 0.25) is 0 Å². The van der Waals surface area contributed by atoms with Crippen LogP contribution in [0, 0.1) is 5.92 Å². The normalized spacial score (nSPS) is 32.8. The van der Waals surface area contributed by atoms with Crippen molar-refractivity contribution in [2.45, 2.75) is 57.7 Å². The van der Waals surface area contributed by atoms with E-state index in [9.17, 15) is 0 Å². The second-order valence-corrected chi connectivity index (χ2v) is 7.29. The lowest BCUT2D eigenvalue weighted by molar-refractivity contribution is 0.266. The van der Waals surface area contributed by atoms with E-state index in [-0.39, 0.29) is 24.0 Å². The molecule has 0 bridgehead atoms. The smallest absolute Gasteiger partial charge is 0.191 e. The maximum absolute atomic E-state index is 4.44. The molecule has 3 atom stereocenters. The van der Waals surface area contributed by atoms with Gasteiger partial charge in [0.05, 0.1) is 0 Å². The van der Waals surface area contributed by atoms with Crippen molar-refractivity contribution >= 4 is 29.9 Å². The molecule has 3 fully saturated rings. The summed E-state index contributed by atoms with van der Waals surface area (Å²) in [5.41, 5.74) is 0. The molecular weight excluding hydrogens is 401 g/mol. The van der Waals surface area contributed by atoms with Gasteiger partial charge in [0, 0.05) is 44.8 Å².